The largest absolute Gasteiger partial charge is 0.469 e. The van der Waals surface area contributed by atoms with Gasteiger partial charge in [-0.1, -0.05) is 13.3 Å². The van der Waals surface area contributed by atoms with E-state index in [0.717, 1.165) is 44.1 Å². The molecule has 5 aliphatic rings. The van der Waals surface area contributed by atoms with Gasteiger partial charge in [0.15, 0.2) is 0 Å². The number of rotatable bonds is 3. The topological polar surface area (TPSA) is 74.2 Å². The van der Waals surface area contributed by atoms with Gasteiger partial charge in [0.25, 0.3) is 0 Å². The normalized spacial score (nSPS) is 46.3. The van der Waals surface area contributed by atoms with E-state index in [2.05, 4.69) is 19.9 Å². The third kappa shape index (κ3) is 2.49. The first kappa shape index (κ1) is 19.4. The lowest BCUT2D eigenvalue weighted by atomic mass is 9.43. The van der Waals surface area contributed by atoms with Crippen molar-refractivity contribution in [3.8, 4) is 0 Å². The van der Waals surface area contributed by atoms with E-state index in [0.29, 0.717) is 0 Å². The summed E-state index contributed by atoms with van der Waals surface area (Å²) in [6.07, 6.45) is 7.39. The Morgan fingerprint density at radius 2 is 2.00 bits per heavy atom. The Morgan fingerprint density at radius 3 is 2.67 bits per heavy atom. The highest BCUT2D eigenvalue weighted by Gasteiger charge is 2.67. The zero-order chi connectivity index (χ0) is 19.7. The van der Waals surface area contributed by atoms with Crippen LogP contribution in [0.5, 0.6) is 0 Å². The van der Waals surface area contributed by atoms with E-state index in [1.165, 1.54) is 7.11 Å². The quantitative estimate of drug-likeness (QED) is 0.345. The van der Waals surface area contributed by atoms with E-state index in [-0.39, 0.29) is 29.3 Å². The van der Waals surface area contributed by atoms with E-state index in [4.69, 9.17) is 19.4 Å². The van der Waals surface area contributed by atoms with Gasteiger partial charge in [0.05, 0.1) is 12.5 Å². The Kier molecular flexibility index (Phi) is 4.32. The molecule has 2 saturated carbocycles. The fourth-order valence-electron chi connectivity index (χ4n) is 6.87. The molecule has 27 heavy (non-hydrogen) atoms. The Bertz CT molecular complexity index is 672. The minimum absolute atomic E-state index is 0.0201. The lowest BCUT2D eigenvalue weighted by Gasteiger charge is -2.65. The first-order valence-corrected chi connectivity index (χ1v) is 10.1. The number of methoxy groups -OCH3 is 1. The second-order valence-electron chi connectivity index (χ2n) is 9.97. The number of carbonyl (C=O) groups is 1. The van der Waals surface area contributed by atoms with Crippen molar-refractivity contribution in [2.75, 3.05) is 7.11 Å². The average Bonchev–Trinajstić information content (AvgIpc) is 2.66. The van der Waals surface area contributed by atoms with Crippen LogP contribution in [0, 0.1) is 22.7 Å². The predicted molar refractivity (Wildman–Crippen MR) is 97.5 cm³/mol. The number of ether oxygens (including phenoxy) is 1. The van der Waals surface area contributed by atoms with Crippen molar-refractivity contribution in [2.45, 2.75) is 83.5 Å². The van der Waals surface area contributed by atoms with Crippen LogP contribution in [0.15, 0.2) is 11.6 Å². The average molecular weight is 380 g/mol. The van der Waals surface area contributed by atoms with Crippen LogP contribution < -0.4 is 0 Å². The monoisotopic (exact) mass is 380 g/mol. The van der Waals surface area contributed by atoms with Gasteiger partial charge in [0.1, 0.15) is 17.3 Å². The van der Waals surface area contributed by atoms with E-state index >= 15 is 0 Å². The van der Waals surface area contributed by atoms with Crippen LogP contribution in [0.2, 0.25) is 0 Å². The summed E-state index contributed by atoms with van der Waals surface area (Å²) in [4.78, 5) is 29.2. The van der Waals surface area contributed by atoms with E-state index in [1.807, 2.05) is 13.8 Å². The van der Waals surface area contributed by atoms with Gasteiger partial charge in [0.2, 0.25) is 0 Å². The van der Waals surface area contributed by atoms with Gasteiger partial charge in [-0.15, -0.1) is 0 Å². The van der Waals surface area contributed by atoms with Crippen molar-refractivity contribution in [3.05, 3.63) is 11.6 Å². The van der Waals surface area contributed by atoms with Crippen molar-refractivity contribution in [1.29, 1.82) is 0 Å². The molecule has 152 valence electrons. The molecule has 2 bridgehead atoms. The molecule has 0 amide bonds. The van der Waals surface area contributed by atoms with Crippen LogP contribution >= 0.6 is 0 Å². The number of carbonyl (C=O) groups excluding carboxylic acids is 1. The minimum atomic E-state index is -0.808. The van der Waals surface area contributed by atoms with Gasteiger partial charge >= 0.3 is 5.97 Å². The summed E-state index contributed by atoms with van der Waals surface area (Å²) in [6.45, 7) is 8.10. The highest BCUT2D eigenvalue weighted by Crippen LogP contribution is 2.67. The van der Waals surface area contributed by atoms with Crippen molar-refractivity contribution in [1.82, 2.24) is 0 Å². The zero-order valence-electron chi connectivity index (χ0n) is 17.0. The molecule has 6 atom stereocenters. The van der Waals surface area contributed by atoms with Crippen LogP contribution in [0.4, 0.5) is 0 Å². The van der Waals surface area contributed by atoms with Crippen LogP contribution in [0.1, 0.15) is 66.2 Å². The number of fused-ring (bicyclic) bond motifs is 2. The second kappa shape index (κ2) is 6.02. The molecule has 0 aromatic heterocycles. The minimum Gasteiger partial charge on any atom is -0.469 e. The number of hydrogen-bond donors (Lipinski definition) is 1. The molecule has 0 aromatic rings. The molecule has 6 nitrogen and oxygen atoms in total. The maximum atomic E-state index is 12.7. The molecule has 0 aromatic carbocycles. The lowest BCUT2D eigenvalue weighted by Crippen LogP contribution is -2.66. The second-order valence-corrected chi connectivity index (χ2v) is 9.97. The Balaban J connectivity index is 1.74. The first-order valence-electron chi connectivity index (χ1n) is 10.1. The van der Waals surface area contributed by atoms with Gasteiger partial charge in [-0.3, -0.25) is 10.1 Å². The van der Waals surface area contributed by atoms with Gasteiger partial charge in [-0.2, -0.15) is 0 Å². The van der Waals surface area contributed by atoms with Crippen LogP contribution in [0.25, 0.3) is 0 Å². The Hall–Kier alpha value is -0.950. The van der Waals surface area contributed by atoms with Gasteiger partial charge in [-0.05, 0) is 75.9 Å². The van der Waals surface area contributed by atoms with E-state index < -0.39 is 16.6 Å². The fourth-order valence-corrected chi connectivity index (χ4v) is 6.87. The molecule has 6 unspecified atom stereocenters. The van der Waals surface area contributed by atoms with E-state index in [1.54, 1.807) is 0 Å². The summed E-state index contributed by atoms with van der Waals surface area (Å²) >= 11 is 0. The fraction of sp³-hybridized carbons (Fsp3) is 0.857. The molecule has 1 spiro atoms. The van der Waals surface area contributed by atoms with Crippen LogP contribution in [-0.2, 0) is 24.2 Å². The summed E-state index contributed by atoms with van der Waals surface area (Å²) < 4.78 is 5.21. The van der Waals surface area contributed by atoms with Crippen LogP contribution in [-0.4, -0.2) is 35.6 Å². The third-order valence-corrected chi connectivity index (χ3v) is 8.28. The van der Waals surface area contributed by atoms with Crippen molar-refractivity contribution < 1.29 is 29.5 Å². The standard InChI is InChI=1S/C21H32O6/c1-18(2,26-23)13-12-21-10-7-15-19(3,16(21)11-14(13)25-27-21)8-6-9-20(15,4)17(22)24-5/h12,14-16,23H,6-11H2,1-5H3. The molecule has 5 rings (SSSR count). The number of esters is 1. The Morgan fingerprint density at radius 1 is 1.26 bits per heavy atom. The molecule has 6 heteroatoms. The maximum absolute atomic E-state index is 12.7. The van der Waals surface area contributed by atoms with Crippen molar-refractivity contribution in [3.63, 3.8) is 0 Å². The Labute approximate surface area is 161 Å². The van der Waals surface area contributed by atoms with E-state index in [9.17, 15) is 10.1 Å². The van der Waals surface area contributed by atoms with Crippen molar-refractivity contribution in [2.24, 2.45) is 22.7 Å². The lowest BCUT2D eigenvalue weighted by molar-refractivity contribution is -0.438. The maximum Gasteiger partial charge on any atom is 0.311 e. The molecule has 3 fully saturated rings. The predicted octanol–water partition coefficient (Wildman–Crippen LogP) is 4.05. The molecular weight excluding hydrogens is 348 g/mol. The molecular formula is C21H32O6. The molecule has 1 saturated heterocycles. The summed E-state index contributed by atoms with van der Waals surface area (Å²) in [7, 11) is 1.50. The number of hydrogen-bond acceptors (Lipinski definition) is 6. The molecule has 0 radical (unpaired) electrons. The van der Waals surface area contributed by atoms with Gasteiger partial charge in [-0.25, -0.2) is 14.7 Å². The zero-order valence-corrected chi connectivity index (χ0v) is 17.0. The first-order chi connectivity index (χ1) is 12.6. The van der Waals surface area contributed by atoms with Crippen molar-refractivity contribution >= 4 is 5.97 Å². The highest BCUT2D eigenvalue weighted by atomic mass is 17.2. The van der Waals surface area contributed by atoms with Gasteiger partial charge < -0.3 is 4.74 Å². The molecule has 3 aliphatic carbocycles. The van der Waals surface area contributed by atoms with Crippen LogP contribution in [0.3, 0.4) is 0 Å². The molecule has 2 aliphatic heterocycles. The summed E-state index contributed by atoms with van der Waals surface area (Å²) in [6, 6.07) is 0. The SMILES string of the molecule is COC(=O)C1(C)CCCC2(C)C3CC4OOC3(C=C4C(C)(C)OO)CCC12. The molecule has 1 N–H and O–H groups in total. The summed E-state index contributed by atoms with van der Waals surface area (Å²) in [5, 5.41) is 9.37. The summed E-state index contributed by atoms with van der Waals surface area (Å²) in [5.74, 6) is 0.451. The van der Waals surface area contributed by atoms with Gasteiger partial charge in [0, 0.05) is 5.92 Å². The summed E-state index contributed by atoms with van der Waals surface area (Å²) in [5.41, 5.74) is -0.841. The smallest absolute Gasteiger partial charge is 0.311 e. The highest BCUT2D eigenvalue weighted by molar-refractivity contribution is 5.77. The third-order valence-electron chi connectivity index (χ3n) is 8.28. The molecule has 2 heterocycles.